The monoisotopic (exact) mass is 219 g/mol. The summed E-state index contributed by atoms with van der Waals surface area (Å²) in [6.45, 7) is 1.78. The van der Waals surface area contributed by atoms with Crippen molar-refractivity contribution in [3.8, 4) is 11.5 Å². The molecule has 2 aromatic rings. The van der Waals surface area contributed by atoms with Crippen LogP contribution in [0.5, 0.6) is 11.5 Å². The minimum atomic E-state index is 0.587. The summed E-state index contributed by atoms with van der Waals surface area (Å²) in [6.07, 6.45) is 2.45. The van der Waals surface area contributed by atoms with E-state index in [0.29, 0.717) is 19.8 Å². The third-order valence-electron chi connectivity index (χ3n) is 2.73. The Morgan fingerprint density at radius 1 is 1.25 bits per heavy atom. The SMILES string of the molecule is NCCc1cc2c(c3ccoc13)OCCO2. The highest BCUT2D eigenvalue weighted by Crippen LogP contribution is 2.40. The minimum Gasteiger partial charge on any atom is -0.486 e. The van der Waals surface area contributed by atoms with Gasteiger partial charge in [-0.3, -0.25) is 0 Å². The Kier molecular flexibility index (Phi) is 2.22. The molecule has 0 saturated carbocycles. The Morgan fingerprint density at radius 2 is 2.12 bits per heavy atom. The highest BCUT2D eigenvalue weighted by atomic mass is 16.6. The lowest BCUT2D eigenvalue weighted by molar-refractivity contribution is 0.173. The molecule has 84 valence electrons. The average Bonchev–Trinajstić information content (AvgIpc) is 2.79. The van der Waals surface area contributed by atoms with Gasteiger partial charge >= 0.3 is 0 Å². The van der Waals surface area contributed by atoms with Crippen LogP contribution in [0.4, 0.5) is 0 Å². The van der Waals surface area contributed by atoms with Crippen LogP contribution in [0, 0.1) is 0 Å². The van der Waals surface area contributed by atoms with Gasteiger partial charge < -0.3 is 19.6 Å². The number of benzene rings is 1. The second-order valence-electron chi connectivity index (χ2n) is 3.76. The second kappa shape index (κ2) is 3.72. The van der Waals surface area contributed by atoms with Crippen molar-refractivity contribution in [2.45, 2.75) is 6.42 Å². The van der Waals surface area contributed by atoms with E-state index in [2.05, 4.69) is 0 Å². The van der Waals surface area contributed by atoms with Gasteiger partial charge in [-0.1, -0.05) is 0 Å². The van der Waals surface area contributed by atoms with E-state index in [0.717, 1.165) is 34.5 Å². The Bertz CT molecular complexity index is 518. The predicted molar refractivity (Wildman–Crippen MR) is 60.0 cm³/mol. The van der Waals surface area contributed by atoms with Gasteiger partial charge in [0.2, 0.25) is 0 Å². The Balaban J connectivity index is 2.24. The van der Waals surface area contributed by atoms with Crippen LogP contribution in [0.3, 0.4) is 0 Å². The van der Waals surface area contributed by atoms with Crippen molar-refractivity contribution in [1.82, 2.24) is 0 Å². The van der Waals surface area contributed by atoms with Crippen LogP contribution >= 0.6 is 0 Å². The molecule has 4 heteroatoms. The third kappa shape index (κ3) is 1.34. The molecular formula is C12H13NO3. The smallest absolute Gasteiger partial charge is 0.172 e. The lowest BCUT2D eigenvalue weighted by atomic mass is 10.1. The Hall–Kier alpha value is -1.68. The first-order valence-corrected chi connectivity index (χ1v) is 5.39. The fourth-order valence-electron chi connectivity index (χ4n) is 2.05. The van der Waals surface area contributed by atoms with Crippen LogP contribution in [-0.2, 0) is 6.42 Å². The maximum absolute atomic E-state index is 5.61. The van der Waals surface area contributed by atoms with E-state index in [-0.39, 0.29) is 0 Å². The van der Waals surface area contributed by atoms with E-state index in [1.165, 1.54) is 0 Å². The first kappa shape index (κ1) is 9.54. The Labute approximate surface area is 92.9 Å². The zero-order valence-corrected chi connectivity index (χ0v) is 8.86. The first-order valence-electron chi connectivity index (χ1n) is 5.39. The topological polar surface area (TPSA) is 57.6 Å². The molecule has 1 aromatic heterocycles. The maximum Gasteiger partial charge on any atom is 0.172 e. The molecule has 16 heavy (non-hydrogen) atoms. The molecule has 2 heterocycles. The van der Waals surface area contributed by atoms with Gasteiger partial charge in [-0.2, -0.15) is 0 Å². The molecular weight excluding hydrogens is 206 g/mol. The third-order valence-corrected chi connectivity index (χ3v) is 2.73. The van der Waals surface area contributed by atoms with E-state index < -0.39 is 0 Å². The molecule has 0 atom stereocenters. The zero-order chi connectivity index (χ0) is 11.0. The lowest BCUT2D eigenvalue weighted by Crippen LogP contribution is -2.16. The number of furan rings is 1. The number of hydrogen-bond acceptors (Lipinski definition) is 4. The molecule has 4 nitrogen and oxygen atoms in total. The standard InChI is InChI=1S/C12H13NO3/c13-3-1-8-7-10-12(16-6-5-14-10)9-2-4-15-11(8)9/h2,4,7H,1,3,5-6,13H2. The summed E-state index contributed by atoms with van der Waals surface area (Å²) in [5, 5.41) is 0.973. The normalized spacial score (nSPS) is 14.3. The van der Waals surface area contributed by atoms with Gasteiger partial charge in [-0.15, -0.1) is 0 Å². The molecule has 1 aliphatic rings. The summed E-state index contributed by atoms with van der Waals surface area (Å²) in [5.41, 5.74) is 7.51. The molecule has 0 radical (unpaired) electrons. The van der Waals surface area contributed by atoms with E-state index in [1.54, 1.807) is 6.26 Å². The van der Waals surface area contributed by atoms with E-state index in [1.807, 2.05) is 12.1 Å². The van der Waals surface area contributed by atoms with Crippen molar-refractivity contribution < 1.29 is 13.9 Å². The van der Waals surface area contributed by atoms with Gasteiger partial charge in [0.25, 0.3) is 0 Å². The molecule has 0 fully saturated rings. The van der Waals surface area contributed by atoms with Crippen LogP contribution in [0.15, 0.2) is 22.8 Å². The molecule has 0 spiro atoms. The molecule has 0 unspecified atom stereocenters. The van der Waals surface area contributed by atoms with Crippen LogP contribution in [0.2, 0.25) is 0 Å². The van der Waals surface area contributed by atoms with Crippen molar-refractivity contribution >= 4 is 11.0 Å². The molecule has 2 N–H and O–H groups in total. The van der Waals surface area contributed by atoms with Gasteiger partial charge in [0.1, 0.15) is 18.8 Å². The molecule has 0 aliphatic carbocycles. The maximum atomic E-state index is 5.61. The summed E-state index contributed by atoms with van der Waals surface area (Å²) in [4.78, 5) is 0. The largest absolute Gasteiger partial charge is 0.486 e. The quantitative estimate of drug-likeness (QED) is 0.835. The van der Waals surface area contributed by atoms with Crippen molar-refractivity contribution in [1.29, 1.82) is 0 Å². The second-order valence-corrected chi connectivity index (χ2v) is 3.76. The van der Waals surface area contributed by atoms with Gasteiger partial charge in [0.15, 0.2) is 11.5 Å². The number of rotatable bonds is 2. The summed E-state index contributed by atoms with van der Waals surface area (Å²) in [7, 11) is 0. The highest BCUT2D eigenvalue weighted by molar-refractivity contribution is 5.89. The van der Waals surface area contributed by atoms with E-state index in [4.69, 9.17) is 19.6 Å². The molecule has 3 rings (SSSR count). The van der Waals surface area contributed by atoms with Crippen LogP contribution in [-0.4, -0.2) is 19.8 Å². The zero-order valence-electron chi connectivity index (χ0n) is 8.86. The van der Waals surface area contributed by atoms with Crippen molar-refractivity contribution in [2.24, 2.45) is 5.73 Å². The highest BCUT2D eigenvalue weighted by Gasteiger charge is 2.19. The van der Waals surface area contributed by atoms with Gasteiger partial charge in [-0.05, 0) is 25.1 Å². The average molecular weight is 219 g/mol. The van der Waals surface area contributed by atoms with Crippen molar-refractivity contribution in [2.75, 3.05) is 19.8 Å². The number of fused-ring (bicyclic) bond motifs is 3. The van der Waals surface area contributed by atoms with Crippen molar-refractivity contribution in [3.05, 3.63) is 24.0 Å². The lowest BCUT2D eigenvalue weighted by Gasteiger charge is -2.19. The van der Waals surface area contributed by atoms with E-state index >= 15 is 0 Å². The van der Waals surface area contributed by atoms with Crippen molar-refractivity contribution in [3.63, 3.8) is 0 Å². The van der Waals surface area contributed by atoms with Gasteiger partial charge in [0, 0.05) is 5.56 Å². The minimum absolute atomic E-state index is 0.587. The molecule has 0 bridgehead atoms. The molecule has 1 aromatic carbocycles. The van der Waals surface area contributed by atoms with Crippen LogP contribution in [0.1, 0.15) is 5.56 Å². The number of hydrogen-bond donors (Lipinski definition) is 1. The van der Waals surface area contributed by atoms with Gasteiger partial charge in [0.05, 0.1) is 11.6 Å². The van der Waals surface area contributed by atoms with Gasteiger partial charge in [-0.25, -0.2) is 0 Å². The molecule has 1 aliphatic heterocycles. The number of ether oxygens (including phenoxy) is 2. The fourth-order valence-corrected chi connectivity index (χ4v) is 2.05. The van der Waals surface area contributed by atoms with E-state index in [9.17, 15) is 0 Å². The molecule has 0 saturated heterocycles. The Morgan fingerprint density at radius 3 is 3.00 bits per heavy atom. The molecule has 0 amide bonds. The first-order chi connectivity index (χ1) is 7.90. The summed E-state index contributed by atoms with van der Waals surface area (Å²) >= 11 is 0. The fraction of sp³-hybridized carbons (Fsp3) is 0.333. The summed E-state index contributed by atoms with van der Waals surface area (Å²) in [5.74, 6) is 1.58. The summed E-state index contributed by atoms with van der Waals surface area (Å²) in [6, 6.07) is 3.87. The van der Waals surface area contributed by atoms with Crippen LogP contribution in [0.25, 0.3) is 11.0 Å². The number of nitrogens with two attached hydrogens (primary N) is 1. The van der Waals surface area contributed by atoms with Crippen LogP contribution < -0.4 is 15.2 Å². The summed E-state index contributed by atoms with van der Waals surface area (Å²) < 4.78 is 16.7. The predicted octanol–water partition coefficient (Wildman–Crippen LogP) is 1.71.